The molecule has 3 rings (SSSR count). The summed E-state index contributed by atoms with van der Waals surface area (Å²) in [6.07, 6.45) is 2.72. The van der Waals surface area contributed by atoms with Crippen molar-refractivity contribution in [3.05, 3.63) is 99.5 Å². The summed E-state index contributed by atoms with van der Waals surface area (Å²) >= 11 is 3.47. The maximum atomic E-state index is 14.0. The average Bonchev–Trinajstić information content (AvgIpc) is 2.95. The lowest BCUT2D eigenvalue weighted by Crippen LogP contribution is -2.52. The highest BCUT2D eigenvalue weighted by atomic mass is 79.9. The molecular formula is C33H42BrN3O4S. The van der Waals surface area contributed by atoms with E-state index in [1.54, 1.807) is 11.0 Å². The van der Waals surface area contributed by atoms with Gasteiger partial charge in [0.1, 0.15) is 6.04 Å². The molecule has 0 saturated carbocycles. The van der Waals surface area contributed by atoms with Crippen molar-refractivity contribution in [3.8, 4) is 0 Å². The highest BCUT2D eigenvalue weighted by molar-refractivity contribution is 9.10. The quantitative estimate of drug-likeness (QED) is 0.225. The minimum atomic E-state index is -3.58. The van der Waals surface area contributed by atoms with Gasteiger partial charge in [0.15, 0.2) is 0 Å². The predicted octanol–water partition coefficient (Wildman–Crippen LogP) is 6.17. The van der Waals surface area contributed by atoms with Crippen LogP contribution in [0.15, 0.2) is 77.3 Å². The van der Waals surface area contributed by atoms with Crippen molar-refractivity contribution in [1.82, 2.24) is 10.2 Å². The van der Waals surface area contributed by atoms with Gasteiger partial charge in [0.05, 0.1) is 11.9 Å². The summed E-state index contributed by atoms with van der Waals surface area (Å²) in [6, 6.07) is 22.2. The second-order valence-electron chi connectivity index (χ2n) is 10.8. The van der Waals surface area contributed by atoms with Crippen LogP contribution in [0.3, 0.4) is 0 Å². The number of amides is 2. The van der Waals surface area contributed by atoms with Crippen LogP contribution in [-0.2, 0) is 32.6 Å². The molecule has 0 fully saturated rings. The Hall–Kier alpha value is -3.17. The van der Waals surface area contributed by atoms with Crippen molar-refractivity contribution < 1.29 is 18.0 Å². The van der Waals surface area contributed by atoms with Gasteiger partial charge in [0, 0.05) is 36.4 Å². The van der Waals surface area contributed by atoms with Crippen LogP contribution in [0.25, 0.3) is 0 Å². The van der Waals surface area contributed by atoms with E-state index < -0.39 is 16.1 Å². The number of benzene rings is 3. The molecule has 0 aliphatic rings. The minimum absolute atomic E-state index is 0.0405. The lowest BCUT2D eigenvalue weighted by Gasteiger charge is -2.33. The number of carbonyl (C=O) groups excluding carboxylic acids is 2. The third kappa shape index (κ3) is 9.42. The number of carbonyl (C=O) groups is 2. The smallest absolute Gasteiger partial charge is 0.243 e. The molecule has 0 aromatic heterocycles. The molecule has 1 N–H and O–H groups in total. The molecule has 0 aliphatic carbocycles. The van der Waals surface area contributed by atoms with E-state index in [2.05, 4.69) is 21.2 Å². The normalized spacial score (nSPS) is 12.8. The first-order chi connectivity index (χ1) is 19.9. The fraction of sp³-hybridized carbons (Fsp3) is 0.394. The van der Waals surface area contributed by atoms with E-state index >= 15 is 0 Å². The Balaban J connectivity index is 1.90. The Morgan fingerprint density at radius 3 is 2.21 bits per heavy atom. The minimum Gasteiger partial charge on any atom is -0.352 e. The molecule has 0 aliphatic heterocycles. The van der Waals surface area contributed by atoms with Gasteiger partial charge < -0.3 is 10.2 Å². The van der Waals surface area contributed by atoms with Gasteiger partial charge in [-0.3, -0.25) is 13.9 Å². The molecular weight excluding hydrogens is 614 g/mol. The van der Waals surface area contributed by atoms with E-state index in [1.165, 1.54) is 10.6 Å². The van der Waals surface area contributed by atoms with Crippen LogP contribution in [-0.4, -0.2) is 50.0 Å². The molecule has 42 heavy (non-hydrogen) atoms. The van der Waals surface area contributed by atoms with Crippen LogP contribution in [0.5, 0.6) is 0 Å². The second-order valence-corrected chi connectivity index (χ2v) is 13.7. The first-order valence-corrected chi connectivity index (χ1v) is 17.0. The fourth-order valence-electron chi connectivity index (χ4n) is 4.77. The number of nitrogens with one attached hydrogen (secondary N) is 1. The van der Waals surface area contributed by atoms with Crippen molar-refractivity contribution in [3.63, 3.8) is 0 Å². The van der Waals surface area contributed by atoms with Crippen molar-refractivity contribution in [2.45, 2.75) is 72.0 Å². The maximum absolute atomic E-state index is 14.0. The molecule has 3 aromatic rings. The zero-order valence-corrected chi connectivity index (χ0v) is 27.5. The van der Waals surface area contributed by atoms with Gasteiger partial charge in [-0.2, -0.15) is 0 Å². The number of halogens is 1. The first-order valence-electron chi connectivity index (χ1n) is 14.3. The standard InChI is InChI=1S/C33H42BrN3O4S/c1-6-25(3)35-33(39)31(22-27-13-8-7-9-14-27)36(23-28-17-19-29(34)20-18-28)32(38)16-11-21-37(42(5,40)41)30-15-10-12-24(2)26(30)4/h7-10,12-15,17-20,25,31H,6,11,16,21-23H2,1-5H3,(H,35,39). The van der Waals surface area contributed by atoms with Crippen molar-refractivity contribution >= 4 is 43.5 Å². The zero-order valence-electron chi connectivity index (χ0n) is 25.1. The number of hydrogen-bond acceptors (Lipinski definition) is 4. The molecule has 0 saturated heterocycles. The monoisotopic (exact) mass is 655 g/mol. The van der Waals surface area contributed by atoms with Gasteiger partial charge in [-0.25, -0.2) is 8.42 Å². The van der Waals surface area contributed by atoms with Crippen LogP contribution >= 0.6 is 15.9 Å². The van der Waals surface area contributed by atoms with Crippen LogP contribution in [0.1, 0.15) is 55.4 Å². The average molecular weight is 657 g/mol. The van der Waals surface area contributed by atoms with E-state index in [-0.39, 0.29) is 37.4 Å². The summed E-state index contributed by atoms with van der Waals surface area (Å²) in [6.45, 7) is 8.21. The topological polar surface area (TPSA) is 86.8 Å². The Kier molecular flexibility index (Phi) is 12.2. The van der Waals surface area contributed by atoms with E-state index in [0.29, 0.717) is 18.5 Å². The van der Waals surface area contributed by atoms with Gasteiger partial charge in [-0.15, -0.1) is 0 Å². The molecule has 2 unspecified atom stereocenters. The number of hydrogen-bond donors (Lipinski definition) is 1. The van der Waals surface area contributed by atoms with Gasteiger partial charge in [-0.05, 0) is 74.1 Å². The summed E-state index contributed by atoms with van der Waals surface area (Å²) in [5, 5.41) is 3.08. The third-order valence-electron chi connectivity index (χ3n) is 7.54. The molecule has 2 atom stereocenters. The van der Waals surface area contributed by atoms with E-state index in [9.17, 15) is 18.0 Å². The highest BCUT2D eigenvalue weighted by Crippen LogP contribution is 2.26. The lowest BCUT2D eigenvalue weighted by molar-refractivity contribution is -0.141. The summed E-state index contributed by atoms with van der Waals surface area (Å²) in [5.74, 6) is -0.403. The molecule has 0 spiro atoms. The largest absolute Gasteiger partial charge is 0.352 e. The molecule has 9 heteroatoms. The van der Waals surface area contributed by atoms with Crippen molar-refractivity contribution in [2.75, 3.05) is 17.1 Å². The molecule has 7 nitrogen and oxygen atoms in total. The molecule has 3 aromatic carbocycles. The molecule has 2 amide bonds. The van der Waals surface area contributed by atoms with Crippen molar-refractivity contribution in [1.29, 1.82) is 0 Å². The molecule has 0 bridgehead atoms. The number of nitrogens with zero attached hydrogens (tertiary/aromatic N) is 2. The summed E-state index contributed by atoms with van der Waals surface area (Å²) in [7, 11) is -3.58. The maximum Gasteiger partial charge on any atom is 0.243 e. The van der Waals surface area contributed by atoms with Crippen LogP contribution in [0, 0.1) is 13.8 Å². The summed E-state index contributed by atoms with van der Waals surface area (Å²) < 4.78 is 27.9. The van der Waals surface area contributed by atoms with Gasteiger partial charge >= 0.3 is 0 Å². The SMILES string of the molecule is CCC(C)NC(=O)C(Cc1ccccc1)N(Cc1ccc(Br)cc1)C(=O)CCCN(c1cccc(C)c1C)S(C)(=O)=O. The highest BCUT2D eigenvalue weighted by Gasteiger charge is 2.31. The zero-order chi connectivity index (χ0) is 30.9. The summed E-state index contributed by atoms with van der Waals surface area (Å²) in [5.41, 5.74) is 4.35. The third-order valence-corrected chi connectivity index (χ3v) is 9.24. The first kappa shape index (κ1) is 33.3. The predicted molar refractivity (Wildman–Crippen MR) is 174 cm³/mol. The van der Waals surface area contributed by atoms with Crippen LogP contribution in [0.2, 0.25) is 0 Å². The Morgan fingerprint density at radius 1 is 0.929 bits per heavy atom. The Morgan fingerprint density at radius 2 is 1.60 bits per heavy atom. The van der Waals surface area contributed by atoms with E-state index in [4.69, 9.17) is 0 Å². The molecule has 226 valence electrons. The second kappa shape index (κ2) is 15.3. The van der Waals surface area contributed by atoms with E-state index in [1.807, 2.05) is 94.4 Å². The number of aryl methyl sites for hydroxylation is 1. The summed E-state index contributed by atoms with van der Waals surface area (Å²) in [4.78, 5) is 29.3. The molecule has 0 radical (unpaired) electrons. The Labute approximate surface area is 259 Å². The molecule has 0 heterocycles. The van der Waals surface area contributed by atoms with Crippen LogP contribution in [0.4, 0.5) is 5.69 Å². The van der Waals surface area contributed by atoms with E-state index in [0.717, 1.165) is 33.1 Å². The van der Waals surface area contributed by atoms with Crippen LogP contribution < -0.4 is 9.62 Å². The fourth-order valence-corrected chi connectivity index (χ4v) is 6.05. The lowest BCUT2D eigenvalue weighted by atomic mass is 10.0. The van der Waals surface area contributed by atoms with Crippen molar-refractivity contribution in [2.24, 2.45) is 0 Å². The Bertz CT molecular complexity index is 1450. The number of sulfonamides is 1. The number of rotatable bonds is 14. The van der Waals surface area contributed by atoms with Gasteiger partial charge in [-0.1, -0.05) is 77.5 Å². The number of anilines is 1. The van der Waals surface area contributed by atoms with Gasteiger partial charge in [0.2, 0.25) is 21.8 Å². The van der Waals surface area contributed by atoms with Gasteiger partial charge in [0.25, 0.3) is 0 Å².